The Labute approximate surface area is 110 Å². The highest BCUT2D eigenvalue weighted by atomic mass is 19.1. The number of nitrogens with one attached hydrogen (secondary N) is 2. The van der Waals surface area contributed by atoms with Crippen LogP contribution in [0.1, 0.15) is 32.3 Å². The third kappa shape index (κ3) is 5.15. The van der Waals surface area contributed by atoms with Crippen molar-refractivity contribution >= 4 is 0 Å². The first-order chi connectivity index (χ1) is 8.56. The van der Waals surface area contributed by atoms with Crippen LogP contribution in [0.15, 0.2) is 24.3 Å². The van der Waals surface area contributed by atoms with E-state index in [4.69, 9.17) is 0 Å². The fourth-order valence-corrected chi connectivity index (χ4v) is 1.96. The average Bonchev–Trinajstić information content (AvgIpc) is 2.34. The fourth-order valence-electron chi connectivity index (χ4n) is 1.96. The van der Waals surface area contributed by atoms with Crippen molar-refractivity contribution in [1.82, 2.24) is 10.6 Å². The summed E-state index contributed by atoms with van der Waals surface area (Å²) in [6.07, 6.45) is 2.38. The van der Waals surface area contributed by atoms with Crippen LogP contribution in [0.5, 0.6) is 0 Å². The van der Waals surface area contributed by atoms with Gasteiger partial charge in [0, 0.05) is 12.0 Å². The molecule has 0 saturated heterocycles. The summed E-state index contributed by atoms with van der Waals surface area (Å²) in [5.74, 6) is -0.172. The van der Waals surface area contributed by atoms with Gasteiger partial charge in [0.15, 0.2) is 0 Å². The predicted octanol–water partition coefficient (Wildman–Crippen LogP) is 2.69. The average molecular weight is 252 g/mol. The molecule has 102 valence electrons. The lowest BCUT2D eigenvalue weighted by atomic mass is 9.84. The minimum Gasteiger partial charge on any atom is -0.320 e. The molecule has 0 unspecified atom stereocenters. The van der Waals surface area contributed by atoms with Gasteiger partial charge in [-0.05, 0) is 50.7 Å². The zero-order chi connectivity index (χ0) is 13.4. The van der Waals surface area contributed by atoms with Gasteiger partial charge < -0.3 is 10.6 Å². The third-order valence-corrected chi connectivity index (χ3v) is 3.22. The first-order valence-electron chi connectivity index (χ1n) is 6.67. The van der Waals surface area contributed by atoms with E-state index in [1.54, 1.807) is 0 Å². The van der Waals surface area contributed by atoms with Crippen molar-refractivity contribution in [2.45, 2.75) is 32.1 Å². The molecule has 0 saturated carbocycles. The Balaban J connectivity index is 2.33. The van der Waals surface area contributed by atoms with Gasteiger partial charge in [0.25, 0.3) is 0 Å². The monoisotopic (exact) mass is 252 g/mol. The molecule has 1 rings (SSSR count). The van der Waals surface area contributed by atoms with Crippen molar-refractivity contribution in [3.8, 4) is 0 Å². The molecule has 0 aliphatic rings. The van der Waals surface area contributed by atoms with E-state index in [0.29, 0.717) is 0 Å². The maximum absolute atomic E-state index is 12.9. The normalized spacial score (nSPS) is 11.8. The lowest BCUT2D eigenvalue weighted by Gasteiger charge is -2.25. The molecule has 1 aromatic rings. The van der Waals surface area contributed by atoms with Crippen LogP contribution in [0.3, 0.4) is 0 Å². The summed E-state index contributed by atoms with van der Waals surface area (Å²) in [4.78, 5) is 0. The highest BCUT2D eigenvalue weighted by Crippen LogP contribution is 2.22. The van der Waals surface area contributed by atoms with Crippen LogP contribution in [0.4, 0.5) is 4.39 Å². The van der Waals surface area contributed by atoms with Gasteiger partial charge in [0.1, 0.15) is 5.82 Å². The first kappa shape index (κ1) is 15.1. The highest BCUT2D eigenvalue weighted by Gasteiger charge is 2.19. The van der Waals surface area contributed by atoms with Crippen molar-refractivity contribution < 1.29 is 4.39 Å². The van der Waals surface area contributed by atoms with Crippen LogP contribution in [-0.4, -0.2) is 26.7 Å². The second-order valence-corrected chi connectivity index (χ2v) is 5.38. The Morgan fingerprint density at radius 3 is 2.28 bits per heavy atom. The van der Waals surface area contributed by atoms with Gasteiger partial charge >= 0.3 is 0 Å². The Hall–Kier alpha value is -0.930. The van der Waals surface area contributed by atoms with E-state index >= 15 is 0 Å². The van der Waals surface area contributed by atoms with Gasteiger partial charge in [0.05, 0.1) is 0 Å². The molecule has 0 amide bonds. The maximum Gasteiger partial charge on any atom is 0.123 e. The molecule has 0 radical (unpaired) electrons. The maximum atomic E-state index is 12.9. The molecule has 0 aromatic heterocycles. The summed E-state index contributed by atoms with van der Waals surface area (Å²) in [5, 5.41) is 6.62. The summed E-state index contributed by atoms with van der Waals surface area (Å²) in [6, 6.07) is 6.81. The molecule has 2 nitrogen and oxygen atoms in total. The quantitative estimate of drug-likeness (QED) is 0.695. The second-order valence-electron chi connectivity index (χ2n) is 5.38. The first-order valence-corrected chi connectivity index (χ1v) is 6.67. The molecule has 18 heavy (non-hydrogen) atoms. The van der Waals surface area contributed by atoms with E-state index in [1.807, 2.05) is 19.2 Å². The van der Waals surface area contributed by atoms with E-state index in [2.05, 4.69) is 24.5 Å². The van der Waals surface area contributed by atoms with Crippen LogP contribution in [0.2, 0.25) is 0 Å². The minimum absolute atomic E-state index is 0.0384. The van der Waals surface area contributed by atoms with Crippen molar-refractivity contribution in [2.24, 2.45) is 0 Å². The zero-order valence-corrected chi connectivity index (χ0v) is 11.7. The molecule has 0 atom stereocenters. The Kier molecular flexibility index (Phi) is 6.30. The Morgan fingerprint density at radius 2 is 1.67 bits per heavy atom. The SMILES string of the molecule is CNCCCCNCC(C)(C)c1ccc(F)cc1. The van der Waals surface area contributed by atoms with Gasteiger partial charge in [-0.1, -0.05) is 26.0 Å². The minimum atomic E-state index is -0.172. The largest absolute Gasteiger partial charge is 0.320 e. The van der Waals surface area contributed by atoms with Crippen LogP contribution < -0.4 is 10.6 Å². The van der Waals surface area contributed by atoms with E-state index in [1.165, 1.54) is 30.5 Å². The summed E-state index contributed by atoms with van der Waals surface area (Å²) in [7, 11) is 1.98. The summed E-state index contributed by atoms with van der Waals surface area (Å²) in [6.45, 7) is 7.38. The summed E-state index contributed by atoms with van der Waals surface area (Å²) in [5.41, 5.74) is 1.21. The Morgan fingerprint density at radius 1 is 1.06 bits per heavy atom. The van der Waals surface area contributed by atoms with Crippen LogP contribution in [0.25, 0.3) is 0 Å². The van der Waals surface area contributed by atoms with E-state index in [0.717, 1.165) is 19.6 Å². The number of halogens is 1. The molecule has 1 aromatic carbocycles. The van der Waals surface area contributed by atoms with Crippen molar-refractivity contribution in [3.63, 3.8) is 0 Å². The fraction of sp³-hybridized carbons (Fsp3) is 0.600. The van der Waals surface area contributed by atoms with E-state index in [9.17, 15) is 4.39 Å². The molecule has 0 bridgehead atoms. The molecule has 0 aliphatic heterocycles. The van der Waals surface area contributed by atoms with Gasteiger partial charge in [-0.3, -0.25) is 0 Å². The van der Waals surface area contributed by atoms with Gasteiger partial charge in [-0.2, -0.15) is 0 Å². The topological polar surface area (TPSA) is 24.1 Å². The lowest BCUT2D eigenvalue weighted by Crippen LogP contribution is -2.33. The van der Waals surface area contributed by atoms with E-state index < -0.39 is 0 Å². The number of rotatable bonds is 8. The number of hydrogen-bond acceptors (Lipinski definition) is 2. The molecule has 2 N–H and O–H groups in total. The summed E-state index contributed by atoms with van der Waals surface area (Å²) < 4.78 is 12.9. The third-order valence-electron chi connectivity index (χ3n) is 3.22. The highest BCUT2D eigenvalue weighted by molar-refractivity contribution is 5.24. The van der Waals surface area contributed by atoms with Gasteiger partial charge in [-0.25, -0.2) is 4.39 Å². The Bertz CT molecular complexity index is 333. The number of hydrogen-bond donors (Lipinski definition) is 2. The van der Waals surface area contributed by atoms with Crippen molar-refractivity contribution in [2.75, 3.05) is 26.7 Å². The van der Waals surface area contributed by atoms with Crippen LogP contribution in [0, 0.1) is 5.82 Å². The number of unbranched alkanes of at least 4 members (excludes halogenated alkanes) is 1. The van der Waals surface area contributed by atoms with Gasteiger partial charge in [-0.15, -0.1) is 0 Å². The molecular weight excluding hydrogens is 227 g/mol. The van der Waals surface area contributed by atoms with Crippen LogP contribution >= 0.6 is 0 Å². The van der Waals surface area contributed by atoms with Crippen molar-refractivity contribution in [3.05, 3.63) is 35.6 Å². The van der Waals surface area contributed by atoms with Crippen LogP contribution in [-0.2, 0) is 5.41 Å². The second kappa shape index (κ2) is 7.49. The predicted molar refractivity (Wildman–Crippen MR) is 75.5 cm³/mol. The summed E-state index contributed by atoms with van der Waals surface area (Å²) >= 11 is 0. The molecule has 0 aliphatic carbocycles. The molecule has 0 fully saturated rings. The number of benzene rings is 1. The molecule has 0 spiro atoms. The smallest absolute Gasteiger partial charge is 0.123 e. The molecule has 0 heterocycles. The van der Waals surface area contributed by atoms with Crippen molar-refractivity contribution in [1.29, 1.82) is 0 Å². The molecular formula is C15H25FN2. The lowest BCUT2D eigenvalue weighted by molar-refractivity contribution is 0.461. The van der Waals surface area contributed by atoms with Gasteiger partial charge in [0.2, 0.25) is 0 Å². The molecule has 3 heteroatoms. The van der Waals surface area contributed by atoms with E-state index in [-0.39, 0.29) is 11.2 Å². The standard InChI is InChI=1S/C15H25FN2/c1-15(2,12-18-11-5-4-10-17-3)13-6-8-14(16)9-7-13/h6-9,17-18H,4-5,10-12H2,1-3H3. The zero-order valence-electron chi connectivity index (χ0n) is 11.7.